The number of nitro benzene ring substituents is 1. The molecule has 0 aliphatic rings. The Morgan fingerprint density at radius 3 is 2.54 bits per heavy atom. The number of rotatable bonds is 3. The fourth-order valence-electron chi connectivity index (χ4n) is 2.23. The number of nitrogens with zero attached hydrogens (tertiary/aromatic N) is 3. The van der Waals surface area contributed by atoms with E-state index in [0.29, 0.717) is 15.8 Å². The number of hydrogen-bond donors (Lipinski definition) is 1. The number of hydrogen-bond acceptors (Lipinski definition) is 6. The first-order valence-electron chi connectivity index (χ1n) is 6.92. The lowest BCUT2D eigenvalue weighted by atomic mass is 10.2. The van der Waals surface area contributed by atoms with Gasteiger partial charge in [0.25, 0.3) is 11.2 Å². The van der Waals surface area contributed by atoms with Crippen LogP contribution in [0.1, 0.15) is 16.0 Å². The predicted octanol–water partition coefficient (Wildman–Crippen LogP) is 2.16. The van der Waals surface area contributed by atoms with Crippen molar-refractivity contribution in [2.24, 2.45) is 5.10 Å². The van der Waals surface area contributed by atoms with E-state index in [1.807, 2.05) is 13.8 Å². The van der Waals surface area contributed by atoms with Gasteiger partial charge in [-0.25, -0.2) is 4.79 Å². The third-order valence-electron chi connectivity index (χ3n) is 3.63. The van der Waals surface area contributed by atoms with Crippen LogP contribution >= 0.6 is 11.3 Å². The van der Waals surface area contributed by atoms with Crippen LogP contribution in [0.25, 0.3) is 10.2 Å². The molecule has 3 aromatic rings. The van der Waals surface area contributed by atoms with Crippen molar-refractivity contribution in [1.82, 2.24) is 9.66 Å². The van der Waals surface area contributed by atoms with Gasteiger partial charge in [0.2, 0.25) is 0 Å². The van der Waals surface area contributed by atoms with Crippen molar-refractivity contribution in [1.29, 1.82) is 0 Å². The first-order valence-corrected chi connectivity index (χ1v) is 7.74. The number of H-pyrrole nitrogens is 1. The van der Waals surface area contributed by atoms with Crippen LogP contribution < -0.4 is 11.2 Å². The highest BCUT2D eigenvalue weighted by molar-refractivity contribution is 7.18. The van der Waals surface area contributed by atoms with Gasteiger partial charge in [-0.1, -0.05) is 0 Å². The van der Waals surface area contributed by atoms with Gasteiger partial charge >= 0.3 is 5.69 Å². The molecule has 122 valence electrons. The molecule has 3 rings (SSSR count). The second-order valence-electron chi connectivity index (χ2n) is 5.13. The van der Waals surface area contributed by atoms with Gasteiger partial charge in [-0.05, 0) is 37.1 Å². The molecule has 2 heterocycles. The lowest BCUT2D eigenvalue weighted by molar-refractivity contribution is -0.384. The van der Waals surface area contributed by atoms with Crippen molar-refractivity contribution in [2.45, 2.75) is 13.8 Å². The van der Waals surface area contributed by atoms with E-state index in [9.17, 15) is 19.7 Å². The normalized spacial score (nSPS) is 11.4. The summed E-state index contributed by atoms with van der Waals surface area (Å²) in [6.45, 7) is 3.69. The largest absolute Gasteiger partial charge is 0.350 e. The highest BCUT2D eigenvalue weighted by Crippen LogP contribution is 2.24. The second kappa shape index (κ2) is 5.85. The minimum absolute atomic E-state index is 0.0482. The average Bonchev–Trinajstić information content (AvgIpc) is 2.82. The maximum Gasteiger partial charge on any atom is 0.350 e. The number of nitro groups is 1. The zero-order chi connectivity index (χ0) is 17.4. The number of aryl methyl sites for hydroxylation is 2. The highest BCUT2D eigenvalue weighted by atomic mass is 32.1. The average molecular weight is 344 g/mol. The van der Waals surface area contributed by atoms with E-state index >= 15 is 0 Å². The monoisotopic (exact) mass is 344 g/mol. The molecular formula is C15H12N4O4S. The molecule has 0 spiro atoms. The maximum atomic E-state index is 12.5. The van der Waals surface area contributed by atoms with E-state index in [1.54, 1.807) is 0 Å². The standard InChI is InChI=1S/C15H12N4O4S/c1-8-9(2)24-13-12(8)14(20)18(15(21)17-13)16-7-10-3-5-11(6-4-10)19(22)23/h3-7H,1-2H3,(H,17,21)/b16-7+. The smallest absolute Gasteiger partial charge is 0.297 e. The van der Waals surface area contributed by atoms with E-state index in [1.165, 1.54) is 41.8 Å². The van der Waals surface area contributed by atoms with Gasteiger partial charge in [0.1, 0.15) is 4.83 Å². The van der Waals surface area contributed by atoms with Crippen LogP contribution in [0.15, 0.2) is 39.0 Å². The van der Waals surface area contributed by atoms with Crippen LogP contribution in [0.5, 0.6) is 0 Å². The maximum absolute atomic E-state index is 12.5. The molecule has 9 heteroatoms. The number of nitrogens with one attached hydrogen (secondary N) is 1. The molecule has 0 bridgehead atoms. The summed E-state index contributed by atoms with van der Waals surface area (Å²) in [6.07, 6.45) is 1.31. The molecule has 0 fully saturated rings. The number of aromatic nitrogens is 2. The quantitative estimate of drug-likeness (QED) is 0.446. The van der Waals surface area contributed by atoms with Gasteiger partial charge in [-0.15, -0.1) is 16.0 Å². The van der Waals surface area contributed by atoms with E-state index in [4.69, 9.17) is 0 Å². The number of non-ortho nitro benzene ring substituents is 1. The van der Waals surface area contributed by atoms with Gasteiger partial charge in [-0.2, -0.15) is 5.10 Å². The number of fused-ring (bicyclic) bond motifs is 1. The first-order chi connectivity index (χ1) is 11.4. The molecule has 24 heavy (non-hydrogen) atoms. The zero-order valence-electron chi connectivity index (χ0n) is 12.8. The first kappa shape index (κ1) is 15.8. The van der Waals surface area contributed by atoms with Crippen LogP contribution in [-0.4, -0.2) is 20.8 Å². The third-order valence-corrected chi connectivity index (χ3v) is 4.75. The topological polar surface area (TPSA) is 110 Å². The van der Waals surface area contributed by atoms with Crippen LogP contribution in [0.2, 0.25) is 0 Å². The Labute approximate surface area is 138 Å². The Morgan fingerprint density at radius 1 is 1.25 bits per heavy atom. The predicted molar refractivity (Wildman–Crippen MR) is 92.3 cm³/mol. The molecule has 0 saturated carbocycles. The van der Waals surface area contributed by atoms with Crippen LogP contribution in [0.3, 0.4) is 0 Å². The summed E-state index contributed by atoms with van der Waals surface area (Å²) >= 11 is 1.35. The fraction of sp³-hybridized carbons (Fsp3) is 0.133. The van der Waals surface area contributed by atoms with Crippen molar-refractivity contribution in [2.75, 3.05) is 0 Å². The molecule has 0 amide bonds. The summed E-state index contributed by atoms with van der Waals surface area (Å²) in [6, 6.07) is 5.62. The molecule has 1 aromatic carbocycles. The number of aromatic amines is 1. The molecular weight excluding hydrogens is 332 g/mol. The van der Waals surface area contributed by atoms with Gasteiger partial charge < -0.3 is 0 Å². The van der Waals surface area contributed by atoms with Gasteiger partial charge in [0, 0.05) is 17.0 Å². The van der Waals surface area contributed by atoms with Crippen molar-refractivity contribution in [3.63, 3.8) is 0 Å². The summed E-state index contributed by atoms with van der Waals surface area (Å²) in [5.41, 5.74) is 0.175. The minimum atomic E-state index is -0.632. The molecule has 0 atom stereocenters. The van der Waals surface area contributed by atoms with Gasteiger partial charge in [-0.3, -0.25) is 19.9 Å². The van der Waals surface area contributed by atoms with E-state index in [-0.39, 0.29) is 5.69 Å². The summed E-state index contributed by atoms with van der Waals surface area (Å²) in [4.78, 5) is 38.8. The number of thiophene rings is 1. The Hall–Kier alpha value is -3.07. The van der Waals surface area contributed by atoms with Crippen molar-refractivity contribution >= 4 is 33.5 Å². The van der Waals surface area contributed by atoms with Crippen molar-refractivity contribution in [3.05, 3.63) is 71.2 Å². The Morgan fingerprint density at radius 2 is 1.92 bits per heavy atom. The molecule has 0 aliphatic heterocycles. The van der Waals surface area contributed by atoms with Crippen LogP contribution in [0.4, 0.5) is 5.69 Å². The van der Waals surface area contributed by atoms with Crippen molar-refractivity contribution in [3.8, 4) is 0 Å². The lowest BCUT2D eigenvalue weighted by Gasteiger charge is -1.98. The molecule has 1 N–H and O–H groups in total. The third kappa shape index (κ3) is 2.65. The minimum Gasteiger partial charge on any atom is -0.297 e. The van der Waals surface area contributed by atoms with E-state index < -0.39 is 16.2 Å². The molecule has 0 unspecified atom stereocenters. The van der Waals surface area contributed by atoms with Gasteiger partial charge in [0.15, 0.2) is 0 Å². The molecule has 0 saturated heterocycles. The Kier molecular flexibility index (Phi) is 3.86. The number of benzene rings is 1. The summed E-state index contributed by atoms with van der Waals surface area (Å²) in [5, 5.41) is 15.0. The summed E-state index contributed by atoms with van der Waals surface area (Å²) < 4.78 is 0.753. The molecule has 2 aromatic heterocycles. The van der Waals surface area contributed by atoms with Crippen LogP contribution in [-0.2, 0) is 0 Å². The zero-order valence-corrected chi connectivity index (χ0v) is 13.6. The van der Waals surface area contributed by atoms with E-state index in [2.05, 4.69) is 10.1 Å². The summed E-state index contributed by atoms with van der Waals surface area (Å²) in [5.74, 6) is 0. The molecule has 8 nitrogen and oxygen atoms in total. The SMILES string of the molecule is Cc1sc2[nH]c(=O)n(/N=C/c3ccc([N+](=O)[O-])cc3)c(=O)c2c1C. The Balaban J connectivity index is 2.06. The lowest BCUT2D eigenvalue weighted by Crippen LogP contribution is -2.32. The van der Waals surface area contributed by atoms with Crippen LogP contribution in [0, 0.1) is 24.0 Å². The fourth-order valence-corrected chi connectivity index (χ4v) is 3.27. The highest BCUT2D eigenvalue weighted by Gasteiger charge is 2.13. The Bertz CT molecular complexity index is 1090. The molecule has 0 radical (unpaired) electrons. The molecule has 0 aliphatic carbocycles. The second-order valence-corrected chi connectivity index (χ2v) is 6.35. The van der Waals surface area contributed by atoms with Gasteiger partial charge in [0.05, 0.1) is 16.5 Å². The summed E-state index contributed by atoms with van der Waals surface area (Å²) in [7, 11) is 0. The van der Waals surface area contributed by atoms with E-state index in [0.717, 1.165) is 15.1 Å². The van der Waals surface area contributed by atoms with Crippen molar-refractivity contribution < 1.29 is 4.92 Å².